The van der Waals surface area contributed by atoms with Crippen LogP contribution in [0.1, 0.15) is 23.4 Å². The van der Waals surface area contributed by atoms with Gasteiger partial charge in [0.15, 0.2) is 0 Å². The molecule has 2 aromatic heterocycles. The Labute approximate surface area is 167 Å². The van der Waals surface area contributed by atoms with Crippen molar-refractivity contribution in [2.45, 2.75) is 39.2 Å². The molecule has 2 amide bonds. The molecule has 0 aromatic carbocycles. The number of ether oxygens (including phenoxy) is 1. The van der Waals surface area contributed by atoms with E-state index in [0.29, 0.717) is 23.5 Å². The van der Waals surface area contributed by atoms with Crippen LogP contribution in [0.3, 0.4) is 0 Å². The fourth-order valence-electron chi connectivity index (χ4n) is 3.26. The third kappa shape index (κ3) is 3.78. The van der Waals surface area contributed by atoms with Gasteiger partial charge in [0.1, 0.15) is 10.9 Å². The Hall–Kier alpha value is -2.34. The monoisotopic (exact) mass is 434 g/mol. The van der Waals surface area contributed by atoms with Crippen LogP contribution in [0.2, 0.25) is 0 Å². The molecule has 0 saturated carbocycles. The van der Waals surface area contributed by atoms with Crippen molar-refractivity contribution in [1.82, 2.24) is 19.4 Å². The fraction of sp³-hybridized carbons (Fsp3) is 0.588. The predicted molar refractivity (Wildman–Crippen MR) is 102 cm³/mol. The van der Waals surface area contributed by atoms with Gasteiger partial charge in [-0.25, -0.2) is 14.2 Å². The zero-order valence-corrected chi connectivity index (χ0v) is 16.9. The number of carbonyl (C=O) groups is 1. The van der Waals surface area contributed by atoms with E-state index >= 15 is 0 Å². The zero-order chi connectivity index (χ0) is 21.5. The molecule has 1 aliphatic rings. The summed E-state index contributed by atoms with van der Waals surface area (Å²) >= 11 is 1.14. The van der Waals surface area contributed by atoms with Gasteiger partial charge in [0, 0.05) is 25.1 Å². The number of urea groups is 1. The number of amides is 2. The van der Waals surface area contributed by atoms with Crippen molar-refractivity contribution >= 4 is 27.6 Å². The van der Waals surface area contributed by atoms with Crippen LogP contribution in [0.5, 0.6) is 0 Å². The molecule has 0 aliphatic carbocycles. The number of fused-ring (bicyclic) bond motifs is 1. The van der Waals surface area contributed by atoms with Gasteiger partial charge in [0.05, 0.1) is 25.1 Å². The quantitative estimate of drug-likeness (QED) is 0.752. The van der Waals surface area contributed by atoms with E-state index in [0.717, 1.165) is 22.8 Å². The number of halogens is 3. The topological polar surface area (TPSA) is 85.6 Å². The minimum atomic E-state index is -4.75. The Balaban J connectivity index is 2.24. The summed E-state index contributed by atoms with van der Waals surface area (Å²) in [6, 6.07) is -2.52. The maximum absolute atomic E-state index is 13.3. The third-order valence-electron chi connectivity index (χ3n) is 5.00. The molecule has 12 heteroatoms. The van der Waals surface area contributed by atoms with Crippen molar-refractivity contribution in [3.63, 3.8) is 0 Å². The number of methoxy groups -OCH3 is 1. The SMILES string of the molecule is COCCn1c(=O)n(C(C)C(F)(F)F)c(=O)c2c(C)c(CN3CCNC3=O)sc21. The maximum atomic E-state index is 13.3. The molecule has 0 spiro atoms. The van der Waals surface area contributed by atoms with E-state index in [1.54, 1.807) is 11.8 Å². The van der Waals surface area contributed by atoms with E-state index in [2.05, 4.69) is 5.32 Å². The number of alkyl halides is 3. The van der Waals surface area contributed by atoms with E-state index in [4.69, 9.17) is 4.74 Å². The highest BCUT2D eigenvalue weighted by Crippen LogP contribution is 2.32. The summed E-state index contributed by atoms with van der Waals surface area (Å²) in [5.41, 5.74) is -1.53. The Morgan fingerprint density at radius 2 is 1.97 bits per heavy atom. The van der Waals surface area contributed by atoms with E-state index < -0.39 is 23.5 Å². The number of hydrogen-bond acceptors (Lipinski definition) is 5. The van der Waals surface area contributed by atoms with E-state index in [1.165, 1.54) is 7.11 Å². The standard InChI is InChI=1S/C17H21F3N4O4S/c1-9-11(8-22-5-4-21-15(22)26)29-14-12(9)13(25)24(10(2)17(18,19)20)16(27)23(14)6-7-28-3/h10H,4-8H2,1-3H3,(H,21,26). The molecule has 0 bridgehead atoms. The number of rotatable bonds is 6. The zero-order valence-electron chi connectivity index (χ0n) is 16.1. The lowest BCUT2D eigenvalue weighted by atomic mass is 10.2. The van der Waals surface area contributed by atoms with Gasteiger partial charge in [-0.2, -0.15) is 13.2 Å². The van der Waals surface area contributed by atoms with Crippen molar-refractivity contribution in [3.8, 4) is 0 Å². The second-order valence-electron chi connectivity index (χ2n) is 6.80. The molecule has 3 rings (SSSR count). The van der Waals surface area contributed by atoms with Crippen molar-refractivity contribution < 1.29 is 22.7 Å². The van der Waals surface area contributed by atoms with E-state index in [9.17, 15) is 27.6 Å². The Morgan fingerprint density at radius 3 is 2.52 bits per heavy atom. The molecule has 29 heavy (non-hydrogen) atoms. The smallest absolute Gasteiger partial charge is 0.383 e. The summed E-state index contributed by atoms with van der Waals surface area (Å²) in [5.74, 6) is 0. The number of nitrogens with one attached hydrogen (secondary N) is 1. The maximum Gasteiger partial charge on any atom is 0.409 e. The average Bonchev–Trinajstić information content (AvgIpc) is 3.18. The van der Waals surface area contributed by atoms with Gasteiger partial charge < -0.3 is 15.0 Å². The lowest BCUT2D eigenvalue weighted by Gasteiger charge is -2.19. The normalized spacial score (nSPS) is 15.9. The molecule has 1 fully saturated rings. The Kier molecular flexibility index (Phi) is 5.77. The highest BCUT2D eigenvalue weighted by atomic mass is 32.1. The third-order valence-corrected chi connectivity index (χ3v) is 6.30. The first kappa shape index (κ1) is 21.4. The summed E-state index contributed by atoms with van der Waals surface area (Å²) in [6.45, 7) is 3.69. The highest BCUT2D eigenvalue weighted by Gasteiger charge is 2.40. The molecular weight excluding hydrogens is 413 g/mol. The average molecular weight is 434 g/mol. The van der Waals surface area contributed by atoms with E-state index in [1.807, 2.05) is 0 Å². The minimum absolute atomic E-state index is 0.000282. The van der Waals surface area contributed by atoms with Crippen molar-refractivity contribution in [3.05, 3.63) is 31.3 Å². The number of aryl methyl sites for hydroxylation is 1. The molecule has 1 N–H and O–H groups in total. The minimum Gasteiger partial charge on any atom is -0.383 e. The molecule has 2 aromatic rings. The van der Waals surface area contributed by atoms with Gasteiger partial charge in [-0.1, -0.05) is 0 Å². The van der Waals surface area contributed by atoms with Gasteiger partial charge in [-0.3, -0.25) is 9.36 Å². The molecule has 1 unspecified atom stereocenters. The van der Waals surface area contributed by atoms with Gasteiger partial charge >= 0.3 is 17.9 Å². The number of carbonyl (C=O) groups excluding carboxylic acids is 1. The fourth-order valence-corrected chi connectivity index (χ4v) is 4.60. The highest BCUT2D eigenvalue weighted by molar-refractivity contribution is 7.18. The summed E-state index contributed by atoms with van der Waals surface area (Å²) in [7, 11) is 1.41. The number of hydrogen-bond donors (Lipinski definition) is 1. The van der Waals surface area contributed by atoms with Crippen LogP contribution in [-0.4, -0.2) is 53.0 Å². The molecule has 1 atom stereocenters. The van der Waals surface area contributed by atoms with Gasteiger partial charge in [-0.05, 0) is 19.4 Å². The first-order valence-corrected chi connectivity index (χ1v) is 9.75. The van der Waals surface area contributed by atoms with Crippen LogP contribution in [-0.2, 0) is 17.8 Å². The van der Waals surface area contributed by atoms with Gasteiger partial charge in [0.25, 0.3) is 5.56 Å². The molecule has 0 radical (unpaired) electrons. The van der Waals surface area contributed by atoms with Crippen molar-refractivity contribution in [1.29, 1.82) is 0 Å². The van der Waals surface area contributed by atoms with E-state index in [-0.39, 0.29) is 40.5 Å². The van der Waals surface area contributed by atoms with Crippen LogP contribution in [0, 0.1) is 6.92 Å². The van der Waals surface area contributed by atoms with Crippen LogP contribution in [0.4, 0.5) is 18.0 Å². The predicted octanol–water partition coefficient (Wildman–Crippen LogP) is 1.83. The van der Waals surface area contributed by atoms with Gasteiger partial charge in [-0.15, -0.1) is 11.3 Å². The number of thiophene rings is 1. The Morgan fingerprint density at radius 1 is 1.28 bits per heavy atom. The number of aromatic nitrogens is 2. The summed E-state index contributed by atoms with van der Waals surface area (Å²) < 4.78 is 46.3. The number of nitrogens with zero attached hydrogens (tertiary/aromatic N) is 3. The van der Waals surface area contributed by atoms with Crippen LogP contribution < -0.4 is 16.6 Å². The second kappa shape index (κ2) is 7.82. The summed E-state index contributed by atoms with van der Waals surface area (Å²) in [5, 5.41) is 2.74. The van der Waals surface area contributed by atoms with Crippen LogP contribution in [0.25, 0.3) is 10.2 Å². The molecule has 1 aliphatic heterocycles. The summed E-state index contributed by atoms with van der Waals surface area (Å²) in [6.07, 6.45) is -4.75. The largest absolute Gasteiger partial charge is 0.409 e. The Bertz CT molecular complexity index is 1060. The lowest BCUT2D eigenvalue weighted by Crippen LogP contribution is -2.45. The second-order valence-corrected chi connectivity index (χ2v) is 7.89. The molecule has 1 saturated heterocycles. The van der Waals surface area contributed by atoms with Gasteiger partial charge in [0.2, 0.25) is 0 Å². The van der Waals surface area contributed by atoms with Crippen LogP contribution in [0.15, 0.2) is 9.59 Å². The molecule has 160 valence electrons. The first-order valence-electron chi connectivity index (χ1n) is 8.93. The first-order chi connectivity index (χ1) is 13.6. The van der Waals surface area contributed by atoms with Crippen molar-refractivity contribution in [2.24, 2.45) is 0 Å². The van der Waals surface area contributed by atoms with Crippen molar-refractivity contribution in [2.75, 3.05) is 26.8 Å². The summed E-state index contributed by atoms with van der Waals surface area (Å²) in [4.78, 5) is 40.1. The molecule has 8 nitrogen and oxygen atoms in total. The lowest BCUT2D eigenvalue weighted by molar-refractivity contribution is -0.164. The van der Waals surface area contributed by atoms with Crippen LogP contribution >= 0.6 is 11.3 Å². The molecule has 3 heterocycles. The molecular formula is C17H21F3N4O4S.